The fourth-order valence-corrected chi connectivity index (χ4v) is 4.55. The summed E-state index contributed by atoms with van der Waals surface area (Å²) in [5.41, 5.74) is 0.510. The molecule has 0 saturated carbocycles. The largest absolute Gasteiger partial charge is 0.493 e. The van der Waals surface area contributed by atoms with Crippen LogP contribution in [0.15, 0.2) is 18.2 Å². The van der Waals surface area contributed by atoms with Crippen LogP contribution in [0.1, 0.15) is 64.9 Å². The summed E-state index contributed by atoms with van der Waals surface area (Å²) in [7, 11) is 3.28. The lowest BCUT2D eigenvalue weighted by molar-refractivity contribution is 0.188. The van der Waals surface area contributed by atoms with Crippen LogP contribution in [-0.4, -0.2) is 51.3 Å². The van der Waals surface area contributed by atoms with Crippen molar-refractivity contribution in [2.24, 2.45) is 5.92 Å². The number of piperidine rings is 1. The van der Waals surface area contributed by atoms with E-state index in [-0.39, 0.29) is 5.92 Å². The molecule has 1 saturated heterocycles. The van der Waals surface area contributed by atoms with Crippen LogP contribution in [0.3, 0.4) is 0 Å². The minimum atomic E-state index is -0.514. The van der Waals surface area contributed by atoms with Gasteiger partial charge in [0.2, 0.25) is 0 Å². The summed E-state index contributed by atoms with van der Waals surface area (Å²) in [5, 5.41) is 13.9. The van der Waals surface area contributed by atoms with Crippen LogP contribution in [0, 0.1) is 17.2 Å². The predicted molar refractivity (Wildman–Crippen MR) is 123 cm³/mol. The van der Waals surface area contributed by atoms with Gasteiger partial charge in [0, 0.05) is 6.04 Å². The summed E-state index contributed by atoms with van der Waals surface area (Å²) in [6.45, 7) is 11.0. The second-order valence-electron chi connectivity index (χ2n) is 8.83. The minimum absolute atomic E-state index is 0.217. The zero-order chi connectivity index (χ0) is 22.0. The maximum absolute atomic E-state index is 10.2. The topological polar surface area (TPSA) is 57.5 Å². The number of nitrogens with zero attached hydrogens (tertiary/aromatic N) is 2. The number of methoxy groups -OCH3 is 2. The van der Waals surface area contributed by atoms with Crippen LogP contribution < -0.4 is 14.8 Å². The van der Waals surface area contributed by atoms with Gasteiger partial charge >= 0.3 is 0 Å². The van der Waals surface area contributed by atoms with Crippen molar-refractivity contribution in [1.29, 1.82) is 5.26 Å². The zero-order valence-corrected chi connectivity index (χ0v) is 19.7. The van der Waals surface area contributed by atoms with E-state index < -0.39 is 5.41 Å². The number of rotatable bonds is 12. The first-order valence-corrected chi connectivity index (χ1v) is 11.6. The van der Waals surface area contributed by atoms with Gasteiger partial charge in [-0.25, -0.2) is 0 Å². The number of hydrogen-bond donors (Lipinski definition) is 1. The Morgan fingerprint density at radius 3 is 2.43 bits per heavy atom. The molecule has 30 heavy (non-hydrogen) atoms. The van der Waals surface area contributed by atoms with Crippen LogP contribution in [0.25, 0.3) is 0 Å². The van der Waals surface area contributed by atoms with Crippen LogP contribution in [0.5, 0.6) is 11.5 Å². The standard InChI is InChI=1S/C25H41N3O2/c1-6-7-14-27-22-11-16-28(17-12-22)15-8-13-25(19-26,20(2)3)21-9-10-23(29-4)24(18-21)30-5/h9-10,18,20,22,27H,6-8,11-17H2,1-5H3. The summed E-state index contributed by atoms with van der Waals surface area (Å²) in [4.78, 5) is 2.56. The van der Waals surface area contributed by atoms with Gasteiger partial charge in [-0.2, -0.15) is 5.26 Å². The van der Waals surface area contributed by atoms with E-state index in [1.54, 1.807) is 14.2 Å². The van der Waals surface area contributed by atoms with Gasteiger partial charge in [-0.05, 0) is 81.9 Å². The monoisotopic (exact) mass is 415 g/mol. The summed E-state index contributed by atoms with van der Waals surface area (Å²) in [6, 6.07) is 9.27. The van der Waals surface area contributed by atoms with Gasteiger partial charge < -0.3 is 19.7 Å². The van der Waals surface area contributed by atoms with E-state index in [4.69, 9.17) is 9.47 Å². The molecule has 0 radical (unpaired) electrons. The van der Waals surface area contributed by atoms with E-state index in [1.807, 2.05) is 18.2 Å². The van der Waals surface area contributed by atoms with Crippen molar-refractivity contribution >= 4 is 0 Å². The highest BCUT2D eigenvalue weighted by Gasteiger charge is 2.36. The fourth-order valence-electron chi connectivity index (χ4n) is 4.55. The number of hydrogen-bond acceptors (Lipinski definition) is 5. The molecule has 5 nitrogen and oxygen atoms in total. The number of nitrogens with one attached hydrogen (secondary N) is 1. The molecular weight excluding hydrogens is 374 g/mol. The molecule has 0 bridgehead atoms. The van der Waals surface area contributed by atoms with Crippen LogP contribution >= 0.6 is 0 Å². The highest BCUT2D eigenvalue weighted by molar-refractivity contribution is 5.47. The Balaban J connectivity index is 1.96. The van der Waals surface area contributed by atoms with Gasteiger partial charge in [-0.3, -0.25) is 0 Å². The smallest absolute Gasteiger partial charge is 0.161 e. The quantitative estimate of drug-likeness (QED) is 0.499. The highest BCUT2D eigenvalue weighted by Crippen LogP contribution is 2.40. The summed E-state index contributed by atoms with van der Waals surface area (Å²) in [5.74, 6) is 1.61. The maximum Gasteiger partial charge on any atom is 0.161 e. The Morgan fingerprint density at radius 1 is 1.17 bits per heavy atom. The molecule has 2 rings (SSSR count). The third-order valence-corrected chi connectivity index (χ3v) is 6.68. The molecule has 1 aromatic carbocycles. The first-order chi connectivity index (χ1) is 14.5. The van der Waals surface area contributed by atoms with Gasteiger partial charge in [0.15, 0.2) is 11.5 Å². The van der Waals surface area contributed by atoms with Crippen molar-refractivity contribution < 1.29 is 9.47 Å². The second-order valence-corrected chi connectivity index (χ2v) is 8.83. The van der Waals surface area contributed by atoms with E-state index in [1.165, 1.54) is 25.7 Å². The molecule has 1 aromatic rings. The Hall–Kier alpha value is -1.77. The summed E-state index contributed by atoms with van der Waals surface area (Å²) >= 11 is 0. The molecule has 0 amide bonds. The van der Waals surface area contributed by atoms with Crippen LogP contribution in [0.2, 0.25) is 0 Å². The first kappa shape index (κ1) is 24.5. The van der Waals surface area contributed by atoms with Crippen molar-refractivity contribution in [3.05, 3.63) is 23.8 Å². The number of ether oxygens (including phenoxy) is 2. The fraction of sp³-hybridized carbons (Fsp3) is 0.720. The summed E-state index contributed by atoms with van der Waals surface area (Å²) < 4.78 is 10.9. The molecule has 1 atom stereocenters. The van der Waals surface area contributed by atoms with E-state index in [0.717, 1.165) is 44.6 Å². The lowest BCUT2D eigenvalue weighted by Crippen LogP contribution is -2.43. The van der Waals surface area contributed by atoms with Crippen molar-refractivity contribution in [3.8, 4) is 17.6 Å². The molecule has 168 valence electrons. The lowest BCUT2D eigenvalue weighted by atomic mass is 9.69. The zero-order valence-electron chi connectivity index (χ0n) is 19.7. The SMILES string of the molecule is CCCCNC1CCN(CCCC(C#N)(c2ccc(OC)c(OC)c2)C(C)C)CC1. The van der Waals surface area contributed by atoms with E-state index >= 15 is 0 Å². The van der Waals surface area contributed by atoms with E-state index in [2.05, 4.69) is 37.1 Å². The normalized spacial score (nSPS) is 17.5. The van der Waals surface area contributed by atoms with Crippen molar-refractivity contribution in [3.63, 3.8) is 0 Å². The van der Waals surface area contributed by atoms with E-state index in [0.29, 0.717) is 17.5 Å². The van der Waals surface area contributed by atoms with Crippen molar-refractivity contribution in [2.45, 2.75) is 70.8 Å². The summed E-state index contributed by atoms with van der Waals surface area (Å²) in [6.07, 6.45) is 6.85. The number of likely N-dealkylation sites (tertiary alicyclic amines) is 1. The number of unbranched alkanes of at least 4 members (excludes halogenated alkanes) is 1. The third kappa shape index (κ3) is 6.12. The molecule has 1 heterocycles. The average molecular weight is 416 g/mol. The molecule has 1 aliphatic heterocycles. The predicted octanol–water partition coefficient (Wildman–Crippen LogP) is 4.76. The van der Waals surface area contributed by atoms with E-state index in [9.17, 15) is 5.26 Å². The molecule has 1 N–H and O–H groups in total. The number of nitriles is 1. The highest BCUT2D eigenvalue weighted by atomic mass is 16.5. The maximum atomic E-state index is 10.2. The van der Waals surface area contributed by atoms with Crippen molar-refractivity contribution in [2.75, 3.05) is 40.4 Å². The van der Waals surface area contributed by atoms with Crippen LogP contribution in [-0.2, 0) is 5.41 Å². The van der Waals surface area contributed by atoms with Gasteiger partial charge in [0.25, 0.3) is 0 Å². The Morgan fingerprint density at radius 2 is 1.87 bits per heavy atom. The van der Waals surface area contributed by atoms with Crippen LogP contribution in [0.4, 0.5) is 0 Å². The first-order valence-electron chi connectivity index (χ1n) is 11.6. The molecule has 5 heteroatoms. The Kier molecular flexibility index (Phi) is 9.94. The third-order valence-electron chi connectivity index (χ3n) is 6.68. The molecule has 1 aliphatic rings. The second kappa shape index (κ2) is 12.2. The molecule has 0 aromatic heterocycles. The molecular formula is C25H41N3O2. The van der Waals surface area contributed by atoms with Gasteiger partial charge in [0.1, 0.15) is 0 Å². The van der Waals surface area contributed by atoms with Gasteiger partial charge in [-0.15, -0.1) is 0 Å². The molecule has 1 unspecified atom stereocenters. The molecule has 0 aliphatic carbocycles. The molecule has 1 fully saturated rings. The van der Waals surface area contributed by atoms with Gasteiger partial charge in [-0.1, -0.05) is 33.3 Å². The lowest BCUT2D eigenvalue weighted by Gasteiger charge is -2.35. The Labute approximate surface area is 183 Å². The average Bonchev–Trinajstić information content (AvgIpc) is 2.77. The minimum Gasteiger partial charge on any atom is -0.493 e. The molecule has 0 spiro atoms. The van der Waals surface area contributed by atoms with Crippen molar-refractivity contribution in [1.82, 2.24) is 10.2 Å². The number of benzene rings is 1. The Bertz CT molecular complexity index is 677. The van der Waals surface area contributed by atoms with Gasteiger partial charge in [0.05, 0.1) is 25.7 Å².